The van der Waals surface area contributed by atoms with E-state index in [9.17, 15) is 0 Å². The Hall–Kier alpha value is -5.92. The van der Waals surface area contributed by atoms with Gasteiger partial charge in [-0.05, 0) is 36.4 Å². The van der Waals surface area contributed by atoms with Crippen LogP contribution in [0.25, 0.3) is 44.8 Å². The van der Waals surface area contributed by atoms with Crippen LogP contribution in [0.3, 0.4) is 0 Å². The number of imidazole rings is 2. The number of H-pyrrole nitrogens is 2. The van der Waals surface area contributed by atoms with Crippen LogP contribution in [0.15, 0.2) is 80.6 Å². The SMILES string of the molecule is c1cc2nc(-c3ccc(-c4nc5ccc(NC6=NCCN6C6=NCCN6)cc5[nH]4)cc3)[nH]c2cc1NC1=NCCN1C1=NCCN1. The number of aromatic amines is 2. The number of hydrogen-bond donors (Lipinski definition) is 6. The van der Waals surface area contributed by atoms with Gasteiger partial charge < -0.3 is 31.2 Å². The number of nitrogens with zero attached hydrogens (tertiary/aromatic N) is 8. The maximum absolute atomic E-state index is 4.85. The molecule has 0 saturated heterocycles. The van der Waals surface area contributed by atoms with Crippen molar-refractivity contribution in [3.05, 3.63) is 60.7 Å². The van der Waals surface area contributed by atoms with E-state index in [0.717, 1.165) is 132 Å². The first-order valence-corrected chi connectivity index (χ1v) is 15.6. The van der Waals surface area contributed by atoms with Crippen molar-refractivity contribution in [1.82, 2.24) is 40.4 Å². The van der Waals surface area contributed by atoms with Crippen LogP contribution in [-0.2, 0) is 0 Å². The number of aliphatic imine (C=N–C) groups is 4. The molecule has 0 aliphatic carbocycles. The highest BCUT2D eigenvalue weighted by molar-refractivity contribution is 6.08. The number of rotatable bonds is 4. The lowest BCUT2D eigenvalue weighted by Crippen LogP contribution is -2.43. The Labute approximate surface area is 263 Å². The molecule has 0 bridgehead atoms. The van der Waals surface area contributed by atoms with Gasteiger partial charge >= 0.3 is 0 Å². The maximum Gasteiger partial charge on any atom is 0.205 e. The molecule has 4 aliphatic rings. The molecule has 46 heavy (non-hydrogen) atoms. The van der Waals surface area contributed by atoms with Crippen LogP contribution in [0.1, 0.15) is 0 Å². The molecule has 0 radical (unpaired) electrons. The number of guanidine groups is 4. The summed E-state index contributed by atoms with van der Waals surface area (Å²) in [5, 5.41) is 13.6. The van der Waals surface area contributed by atoms with Gasteiger partial charge in [0.1, 0.15) is 11.6 Å². The smallest absolute Gasteiger partial charge is 0.205 e. The zero-order valence-corrected chi connectivity index (χ0v) is 25.0. The molecule has 6 heterocycles. The second-order valence-electron chi connectivity index (χ2n) is 11.4. The van der Waals surface area contributed by atoms with Crippen LogP contribution in [0.4, 0.5) is 11.4 Å². The Balaban J connectivity index is 0.905. The molecule has 0 unspecified atom stereocenters. The highest BCUT2D eigenvalue weighted by Crippen LogP contribution is 2.28. The summed E-state index contributed by atoms with van der Waals surface area (Å²) in [7, 11) is 0. The van der Waals surface area contributed by atoms with E-state index < -0.39 is 0 Å². The summed E-state index contributed by atoms with van der Waals surface area (Å²) < 4.78 is 0. The van der Waals surface area contributed by atoms with Gasteiger partial charge in [0.2, 0.25) is 23.8 Å². The van der Waals surface area contributed by atoms with Crippen molar-refractivity contribution in [3.63, 3.8) is 0 Å². The number of nitrogens with one attached hydrogen (secondary N) is 6. The molecule has 0 amide bonds. The minimum Gasteiger partial charge on any atom is -0.354 e. The minimum absolute atomic E-state index is 0.742. The van der Waals surface area contributed by atoms with Crippen LogP contribution in [0.2, 0.25) is 0 Å². The highest BCUT2D eigenvalue weighted by atomic mass is 15.4. The minimum atomic E-state index is 0.742. The molecule has 230 valence electrons. The molecule has 14 heteroatoms. The van der Waals surface area contributed by atoms with Gasteiger partial charge in [-0.25, -0.2) is 9.97 Å². The standard InChI is InChI=1S/C32H32N14/c1-2-20(28-42-24-8-6-22(18-26(24)44-28)40-32-38-14-16-46(32)30-35-11-12-36-30)4-3-19(1)27-41-23-7-5-21(17-25(23)43-27)39-31-37-13-15-45(31)29-33-9-10-34-29/h1-8,17-18H,9-16H2,(H,33,34)(H,35,36)(H,37,39)(H,38,40)(H,41,43)(H,42,44). The number of anilines is 2. The Kier molecular flexibility index (Phi) is 6.28. The number of fused-ring (bicyclic) bond motifs is 2. The second-order valence-corrected chi connectivity index (χ2v) is 11.4. The molecular weight excluding hydrogens is 580 g/mol. The van der Waals surface area contributed by atoms with Gasteiger partial charge in [0.15, 0.2) is 0 Å². The summed E-state index contributed by atoms with van der Waals surface area (Å²) in [6.07, 6.45) is 0. The van der Waals surface area contributed by atoms with Crippen LogP contribution in [0.5, 0.6) is 0 Å². The Bertz CT molecular complexity index is 1930. The lowest BCUT2D eigenvalue weighted by atomic mass is 10.1. The van der Waals surface area contributed by atoms with Gasteiger partial charge in [-0.3, -0.25) is 29.8 Å². The zero-order chi connectivity index (χ0) is 30.5. The van der Waals surface area contributed by atoms with Gasteiger partial charge in [-0.2, -0.15) is 0 Å². The Morgan fingerprint density at radius 2 is 1.02 bits per heavy atom. The molecule has 14 nitrogen and oxygen atoms in total. The van der Waals surface area contributed by atoms with Gasteiger partial charge in [0, 0.05) is 48.7 Å². The van der Waals surface area contributed by atoms with Crippen molar-refractivity contribution >= 4 is 57.3 Å². The van der Waals surface area contributed by atoms with Crippen molar-refractivity contribution in [1.29, 1.82) is 0 Å². The Morgan fingerprint density at radius 3 is 1.46 bits per heavy atom. The van der Waals surface area contributed by atoms with Crippen LogP contribution in [0, 0.1) is 0 Å². The van der Waals surface area contributed by atoms with Gasteiger partial charge in [-0.15, -0.1) is 0 Å². The van der Waals surface area contributed by atoms with Crippen LogP contribution >= 0.6 is 0 Å². The molecule has 3 aromatic carbocycles. The van der Waals surface area contributed by atoms with E-state index in [0.29, 0.717) is 0 Å². The summed E-state index contributed by atoms with van der Waals surface area (Å²) in [4.78, 5) is 39.2. The number of benzene rings is 3. The summed E-state index contributed by atoms with van der Waals surface area (Å²) in [5.74, 6) is 5.01. The van der Waals surface area contributed by atoms with Gasteiger partial charge in [-0.1, -0.05) is 24.3 Å². The van der Waals surface area contributed by atoms with Crippen molar-refractivity contribution < 1.29 is 0 Å². The lowest BCUT2D eigenvalue weighted by Gasteiger charge is -2.20. The molecule has 0 fully saturated rings. The summed E-state index contributed by atoms with van der Waals surface area (Å²) >= 11 is 0. The fourth-order valence-electron chi connectivity index (χ4n) is 6.15. The predicted octanol–water partition coefficient (Wildman–Crippen LogP) is 2.86. The third-order valence-corrected chi connectivity index (χ3v) is 8.41. The van der Waals surface area contributed by atoms with E-state index in [1.165, 1.54) is 0 Å². The summed E-state index contributed by atoms with van der Waals surface area (Å²) in [6.45, 7) is 6.44. The molecule has 0 spiro atoms. The molecule has 0 atom stereocenters. The maximum atomic E-state index is 4.85. The van der Waals surface area contributed by atoms with Gasteiger partial charge in [0.25, 0.3) is 0 Å². The molecule has 6 N–H and O–H groups in total. The van der Waals surface area contributed by atoms with Crippen molar-refractivity contribution in [3.8, 4) is 22.8 Å². The lowest BCUT2D eigenvalue weighted by molar-refractivity contribution is 0.642. The van der Waals surface area contributed by atoms with E-state index in [4.69, 9.17) is 9.97 Å². The average Bonchev–Trinajstić information content (AvgIpc) is 3.92. The number of hydrogen-bond acceptors (Lipinski definition) is 12. The van der Waals surface area contributed by atoms with E-state index >= 15 is 0 Å². The monoisotopic (exact) mass is 612 g/mol. The third kappa shape index (κ3) is 4.83. The van der Waals surface area contributed by atoms with Gasteiger partial charge in [0.05, 0.1) is 48.2 Å². The molecule has 9 rings (SSSR count). The molecule has 4 aliphatic heterocycles. The van der Waals surface area contributed by atoms with E-state index in [1.54, 1.807) is 0 Å². The summed E-state index contributed by atoms with van der Waals surface area (Å²) in [6, 6.07) is 20.5. The number of aromatic nitrogens is 4. The fraction of sp³-hybridized carbons (Fsp3) is 0.250. The fourth-order valence-corrected chi connectivity index (χ4v) is 6.15. The van der Waals surface area contributed by atoms with E-state index in [2.05, 4.69) is 97.4 Å². The molecule has 2 aromatic heterocycles. The van der Waals surface area contributed by atoms with Crippen molar-refractivity contribution in [2.24, 2.45) is 20.0 Å². The first-order chi connectivity index (χ1) is 22.7. The Morgan fingerprint density at radius 1 is 0.543 bits per heavy atom. The zero-order valence-electron chi connectivity index (χ0n) is 25.0. The molecule has 5 aromatic rings. The normalized spacial score (nSPS) is 17.7. The topological polar surface area (TPSA) is 161 Å². The van der Waals surface area contributed by atoms with Crippen LogP contribution < -0.4 is 21.3 Å². The van der Waals surface area contributed by atoms with E-state index in [1.807, 2.05) is 24.3 Å². The predicted molar refractivity (Wildman–Crippen MR) is 182 cm³/mol. The summed E-state index contributed by atoms with van der Waals surface area (Å²) in [5.41, 5.74) is 7.58. The third-order valence-electron chi connectivity index (χ3n) is 8.41. The quantitative estimate of drug-likeness (QED) is 0.181. The second kappa shape index (κ2) is 10.9. The first kappa shape index (κ1) is 26.5. The average molecular weight is 613 g/mol. The highest BCUT2D eigenvalue weighted by Gasteiger charge is 2.25. The molecule has 0 saturated carbocycles. The largest absolute Gasteiger partial charge is 0.354 e. The molecular formula is C32H32N14. The first-order valence-electron chi connectivity index (χ1n) is 15.6. The van der Waals surface area contributed by atoms with Crippen molar-refractivity contribution in [2.75, 3.05) is 63.0 Å². The van der Waals surface area contributed by atoms with Crippen LogP contribution in [-0.4, -0.2) is 106 Å². The van der Waals surface area contributed by atoms with Crippen molar-refractivity contribution in [2.45, 2.75) is 0 Å². The van der Waals surface area contributed by atoms with E-state index in [-0.39, 0.29) is 0 Å².